The molecular weight excluding hydrogens is 436 g/mol. The highest BCUT2D eigenvalue weighted by atomic mass is 79.9. The lowest BCUT2D eigenvalue weighted by Gasteiger charge is -2.04. The van der Waals surface area contributed by atoms with Crippen LogP contribution in [0.15, 0.2) is 42.5 Å². The van der Waals surface area contributed by atoms with Crippen LogP contribution in [0.2, 0.25) is 0 Å². The molecule has 1 aromatic heterocycles. The fourth-order valence-corrected chi connectivity index (χ4v) is 3.24. The van der Waals surface area contributed by atoms with E-state index >= 15 is 0 Å². The van der Waals surface area contributed by atoms with Gasteiger partial charge in [0.1, 0.15) is 5.82 Å². The van der Waals surface area contributed by atoms with Crippen molar-refractivity contribution in [2.45, 2.75) is 0 Å². The fourth-order valence-electron chi connectivity index (χ4n) is 2.59. The Kier molecular flexibility index (Phi) is 4.96. The number of halogens is 2. The van der Waals surface area contributed by atoms with Gasteiger partial charge in [0.15, 0.2) is 11.6 Å². The first-order valence-electron chi connectivity index (χ1n) is 7.30. The zero-order valence-corrected chi connectivity index (χ0v) is 16.1. The van der Waals surface area contributed by atoms with E-state index in [2.05, 4.69) is 36.8 Å². The molecule has 122 valence electrons. The smallest absolute Gasteiger partial charge is 0.173 e. The van der Waals surface area contributed by atoms with Crippen molar-refractivity contribution in [1.82, 2.24) is 9.55 Å². The minimum absolute atomic E-state index is 0.0294. The highest BCUT2D eigenvalue weighted by Crippen LogP contribution is 2.25. The van der Waals surface area contributed by atoms with Crippen molar-refractivity contribution in [2.75, 3.05) is 10.7 Å². The van der Waals surface area contributed by atoms with Gasteiger partial charge in [0.2, 0.25) is 0 Å². The molecule has 0 spiro atoms. The summed E-state index contributed by atoms with van der Waals surface area (Å²) in [6.45, 7) is 0. The number of imidazole rings is 1. The molecule has 3 rings (SSSR count). The SMILES string of the molecule is Cn1c(-c2ccc(C(=O)CBr)cc2)nc2cc(C(=O)CBr)ccc21. The molecule has 0 aliphatic carbocycles. The highest BCUT2D eigenvalue weighted by molar-refractivity contribution is 9.09. The number of benzene rings is 2. The summed E-state index contributed by atoms with van der Waals surface area (Å²) in [5, 5.41) is 0.601. The second-order valence-corrected chi connectivity index (χ2v) is 6.51. The first-order chi connectivity index (χ1) is 11.5. The van der Waals surface area contributed by atoms with Gasteiger partial charge in [-0.05, 0) is 18.2 Å². The van der Waals surface area contributed by atoms with E-state index in [-0.39, 0.29) is 11.6 Å². The molecule has 2 aromatic carbocycles. The molecular formula is C18H14Br2N2O2. The minimum Gasteiger partial charge on any atom is -0.327 e. The lowest BCUT2D eigenvalue weighted by molar-refractivity contribution is 0.101. The third kappa shape index (κ3) is 3.08. The van der Waals surface area contributed by atoms with Gasteiger partial charge in [-0.15, -0.1) is 0 Å². The Morgan fingerprint density at radius 1 is 0.958 bits per heavy atom. The molecule has 0 aliphatic heterocycles. The van der Waals surface area contributed by atoms with E-state index < -0.39 is 0 Å². The van der Waals surface area contributed by atoms with Gasteiger partial charge in [0.25, 0.3) is 0 Å². The van der Waals surface area contributed by atoms with Gasteiger partial charge in [0.05, 0.1) is 21.7 Å². The predicted molar refractivity (Wildman–Crippen MR) is 102 cm³/mol. The molecule has 0 unspecified atom stereocenters. The highest BCUT2D eigenvalue weighted by Gasteiger charge is 2.13. The number of ketones is 2. The van der Waals surface area contributed by atoms with Crippen LogP contribution in [-0.4, -0.2) is 31.8 Å². The lowest BCUT2D eigenvalue weighted by atomic mass is 10.1. The third-order valence-corrected chi connectivity index (χ3v) is 4.93. The van der Waals surface area contributed by atoms with Gasteiger partial charge in [-0.25, -0.2) is 4.98 Å². The van der Waals surface area contributed by atoms with E-state index in [4.69, 9.17) is 0 Å². The summed E-state index contributed by atoms with van der Waals surface area (Å²) in [5.41, 5.74) is 3.96. The second-order valence-electron chi connectivity index (χ2n) is 5.39. The van der Waals surface area contributed by atoms with Gasteiger partial charge in [0, 0.05) is 23.7 Å². The average molecular weight is 450 g/mol. The molecule has 0 fully saturated rings. The van der Waals surface area contributed by atoms with Crippen molar-refractivity contribution in [2.24, 2.45) is 7.05 Å². The molecule has 0 atom stereocenters. The molecule has 3 aromatic rings. The van der Waals surface area contributed by atoms with Crippen LogP contribution in [0, 0.1) is 0 Å². The monoisotopic (exact) mass is 448 g/mol. The molecule has 24 heavy (non-hydrogen) atoms. The second kappa shape index (κ2) is 6.99. The van der Waals surface area contributed by atoms with Crippen LogP contribution in [-0.2, 0) is 7.05 Å². The topological polar surface area (TPSA) is 52.0 Å². The summed E-state index contributed by atoms with van der Waals surface area (Å²) in [5.74, 6) is 0.873. The van der Waals surface area contributed by atoms with Gasteiger partial charge < -0.3 is 4.57 Å². The quantitative estimate of drug-likeness (QED) is 0.428. The average Bonchev–Trinajstić information content (AvgIpc) is 2.96. The van der Waals surface area contributed by atoms with E-state index in [1.54, 1.807) is 12.1 Å². The molecule has 0 N–H and O–H groups in total. The lowest BCUT2D eigenvalue weighted by Crippen LogP contribution is -2.00. The molecule has 0 aliphatic rings. The molecule has 4 nitrogen and oxygen atoms in total. The van der Waals surface area contributed by atoms with Crippen molar-refractivity contribution in [3.05, 3.63) is 53.6 Å². The number of fused-ring (bicyclic) bond motifs is 1. The summed E-state index contributed by atoms with van der Waals surface area (Å²) in [4.78, 5) is 28.2. The Bertz CT molecular complexity index is 930. The number of nitrogens with zero attached hydrogens (tertiary/aromatic N) is 2. The largest absolute Gasteiger partial charge is 0.327 e. The summed E-state index contributed by atoms with van der Waals surface area (Å²) in [6, 6.07) is 12.9. The van der Waals surface area contributed by atoms with E-state index in [0.29, 0.717) is 21.8 Å². The Hall–Kier alpha value is -1.79. The predicted octanol–water partition coefficient (Wildman–Crippen LogP) is 4.40. The van der Waals surface area contributed by atoms with Gasteiger partial charge in [-0.3, -0.25) is 9.59 Å². The zero-order chi connectivity index (χ0) is 17.3. The zero-order valence-electron chi connectivity index (χ0n) is 12.9. The number of carbonyl (C=O) groups is 2. The molecule has 0 saturated heterocycles. The summed E-state index contributed by atoms with van der Waals surface area (Å²) >= 11 is 6.37. The van der Waals surface area contributed by atoms with E-state index in [1.807, 2.05) is 41.9 Å². The number of alkyl halides is 2. The maximum atomic E-state index is 11.8. The van der Waals surface area contributed by atoms with Crippen molar-refractivity contribution >= 4 is 54.5 Å². The standard InChI is InChI=1S/C18H14Br2N2O2/c1-22-15-7-6-13(17(24)10-20)8-14(15)21-18(22)12-4-2-11(3-5-12)16(23)9-19/h2-8H,9-10H2,1H3. The Morgan fingerprint density at radius 3 is 2.17 bits per heavy atom. The summed E-state index contributed by atoms with van der Waals surface area (Å²) < 4.78 is 1.99. The van der Waals surface area contributed by atoms with Crippen LogP contribution in [0.3, 0.4) is 0 Å². The van der Waals surface area contributed by atoms with Crippen LogP contribution in [0.5, 0.6) is 0 Å². The Labute approximate surface area is 156 Å². The van der Waals surface area contributed by atoms with Crippen LogP contribution < -0.4 is 0 Å². The molecule has 0 bridgehead atoms. The number of aromatic nitrogens is 2. The van der Waals surface area contributed by atoms with Gasteiger partial charge in [-0.2, -0.15) is 0 Å². The maximum absolute atomic E-state index is 11.8. The minimum atomic E-state index is 0.0294. The van der Waals surface area contributed by atoms with Crippen LogP contribution >= 0.6 is 31.9 Å². The van der Waals surface area contributed by atoms with Gasteiger partial charge in [-0.1, -0.05) is 56.1 Å². The summed E-state index contributed by atoms with van der Waals surface area (Å²) in [6.07, 6.45) is 0. The molecule has 1 heterocycles. The van der Waals surface area contributed by atoms with Gasteiger partial charge >= 0.3 is 0 Å². The van der Waals surface area contributed by atoms with Crippen molar-refractivity contribution in [1.29, 1.82) is 0 Å². The van der Waals surface area contributed by atoms with E-state index in [9.17, 15) is 9.59 Å². The molecule has 0 amide bonds. The van der Waals surface area contributed by atoms with Crippen molar-refractivity contribution < 1.29 is 9.59 Å². The maximum Gasteiger partial charge on any atom is 0.173 e. The number of carbonyl (C=O) groups excluding carboxylic acids is 2. The van der Waals surface area contributed by atoms with Crippen LogP contribution in [0.4, 0.5) is 0 Å². The number of aryl methyl sites for hydroxylation is 1. The normalized spacial score (nSPS) is 11.0. The number of hydrogen-bond donors (Lipinski definition) is 0. The fraction of sp³-hybridized carbons (Fsp3) is 0.167. The molecule has 0 radical (unpaired) electrons. The van der Waals surface area contributed by atoms with E-state index in [1.165, 1.54) is 0 Å². The van der Waals surface area contributed by atoms with Crippen molar-refractivity contribution in [3.63, 3.8) is 0 Å². The number of rotatable bonds is 5. The number of hydrogen-bond acceptors (Lipinski definition) is 3. The van der Waals surface area contributed by atoms with E-state index in [0.717, 1.165) is 22.4 Å². The van der Waals surface area contributed by atoms with Crippen LogP contribution in [0.1, 0.15) is 20.7 Å². The van der Waals surface area contributed by atoms with Crippen LogP contribution in [0.25, 0.3) is 22.4 Å². The Balaban J connectivity index is 2.05. The first kappa shape index (κ1) is 17.0. The summed E-state index contributed by atoms with van der Waals surface area (Å²) in [7, 11) is 1.94. The Morgan fingerprint density at radius 2 is 1.54 bits per heavy atom. The van der Waals surface area contributed by atoms with Crippen molar-refractivity contribution in [3.8, 4) is 11.4 Å². The first-order valence-corrected chi connectivity index (χ1v) is 9.54. The third-order valence-electron chi connectivity index (χ3n) is 3.91. The number of Topliss-reactive ketones (excluding diaryl/α,β-unsaturated/α-hetero) is 2. The molecule has 6 heteroatoms. The molecule has 0 saturated carbocycles.